The van der Waals surface area contributed by atoms with Crippen molar-refractivity contribution in [1.82, 2.24) is 5.32 Å². The zero-order chi connectivity index (χ0) is 13.4. The zero-order valence-corrected chi connectivity index (χ0v) is 11.2. The summed E-state index contributed by atoms with van der Waals surface area (Å²) in [5.74, 6) is 0.307. The van der Waals surface area contributed by atoms with Crippen LogP contribution in [-0.4, -0.2) is 17.6 Å². The third kappa shape index (κ3) is 5.19. The van der Waals surface area contributed by atoms with Gasteiger partial charge in [0.2, 0.25) is 0 Å². The number of amidine groups is 1. The molecule has 1 aromatic rings. The second-order valence-electron chi connectivity index (χ2n) is 4.64. The Hall–Kier alpha value is -1.55. The molecule has 0 saturated heterocycles. The number of hydrogen-bond acceptors (Lipinski definition) is 3. The number of rotatable bonds is 7. The average molecular weight is 249 g/mol. The molecule has 1 atom stereocenters. The van der Waals surface area contributed by atoms with E-state index in [0.717, 1.165) is 19.4 Å². The Balaban J connectivity index is 2.23. The van der Waals surface area contributed by atoms with Crippen LogP contribution in [-0.2, 0) is 0 Å². The van der Waals surface area contributed by atoms with E-state index in [1.165, 1.54) is 11.1 Å². The summed E-state index contributed by atoms with van der Waals surface area (Å²) >= 11 is 0. The number of unbranched alkanes of at least 4 members (excludes halogenated alkanes) is 1. The summed E-state index contributed by atoms with van der Waals surface area (Å²) in [5, 5.41) is 14.8. The standard InChI is InChI=1S/C14H23N3O/c1-11-6-5-7-13(10-11)12(2)16-9-4-3-8-14(15)17-18/h5-7,10,12,16,18H,3-4,8-9H2,1-2H3,(H2,15,17)/t12-/m0/s1. The van der Waals surface area contributed by atoms with Gasteiger partial charge in [0.1, 0.15) is 5.84 Å². The van der Waals surface area contributed by atoms with Gasteiger partial charge in [-0.05, 0) is 38.8 Å². The number of nitrogens with zero attached hydrogens (tertiary/aromatic N) is 1. The number of nitrogens with two attached hydrogens (primary N) is 1. The minimum Gasteiger partial charge on any atom is -0.409 e. The van der Waals surface area contributed by atoms with Gasteiger partial charge in [-0.25, -0.2) is 0 Å². The Morgan fingerprint density at radius 2 is 2.22 bits per heavy atom. The van der Waals surface area contributed by atoms with Gasteiger partial charge in [-0.3, -0.25) is 0 Å². The summed E-state index contributed by atoms with van der Waals surface area (Å²) in [6, 6.07) is 8.89. The predicted octanol–water partition coefficient (Wildman–Crippen LogP) is 2.56. The lowest BCUT2D eigenvalue weighted by Crippen LogP contribution is -2.20. The molecule has 0 aliphatic rings. The molecule has 4 heteroatoms. The fourth-order valence-corrected chi connectivity index (χ4v) is 1.86. The van der Waals surface area contributed by atoms with Crippen LogP contribution in [0.1, 0.15) is 43.4 Å². The maximum atomic E-state index is 8.40. The van der Waals surface area contributed by atoms with E-state index >= 15 is 0 Å². The van der Waals surface area contributed by atoms with Crippen molar-refractivity contribution in [3.63, 3.8) is 0 Å². The van der Waals surface area contributed by atoms with Crippen LogP contribution in [0, 0.1) is 6.92 Å². The lowest BCUT2D eigenvalue weighted by molar-refractivity contribution is 0.316. The largest absolute Gasteiger partial charge is 0.409 e. The molecule has 4 N–H and O–H groups in total. The lowest BCUT2D eigenvalue weighted by Gasteiger charge is -2.14. The lowest BCUT2D eigenvalue weighted by atomic mass is 10.1. The van der Waals surface area contributed by atoms with Crippen molar-refractivity contribution in [1.29, 1.82) is 0 Å². The Labute approximate surface area is 109 Å². The van der Waals surface area contributed by atoms with E-state index in [2.05, 4.69) is 48.6 Å². The highest BCUT2D eigenvalue weighted by atomic mass is 16.4. The fourth-order valence-electron chi connectivity index (χ4n) is 1.86. The normalized spacial score (nSPS) is 13.6. The first-order valence-electron chi connectivity index (χ1n) is 6.40. The molecule has 0 radical (unpaired) electrons. The molecule has 0 spiro atoms. The molecular formula is C14H23N3O. The van der Waals surface area contributed by atoms with Crippen molar-refractivity contribution in [3.8, 4) is 0 Å². The van der Waals surface area contributed by atoms with E-state index < -0.39 is 0 Å². The van der Waals surface area contributed by atoms with E-state index in [0.29, 0.717) is 18.3 Å². The number of hydrogen-bond donors (Lipinski definition) is 3. The Kier molecular flexibility index (Phi) is 6.22. The second-order valence-corrected chi connectivity index (χ2v) is 4.64. The molecule has 0 aliphatic heterocycles. The third-order valence-electron chi connectivity index (χ3n) is 2.98. The van der Waals surface area contributed by atoms with Gasteiger partial charge in [0, 0.05) is 12.5 Å². The highest BCUT2D eigenvalue weighted by Crippen LogP contribution is 2.13. The predicted molar refractivity (Wildman–Crippen MR) is 74.9 cm³/mol. The number of oxime groups is 1. The molecule has 4 nitrogen and oxygen atoms in total. The third-order valence-corrected chi connectivity index (χ3v) is 2.98. The molecule has 0 aromatic heterocycles. The Bertz CT molecular complexity index is 390. The zero-order valence-electron chi connectivity index (χ0n) is 11.2. The van der Waals surface area contributed by atoms with Gasteiger partial charge in [-0.15, -0.1) is 0 Å². The molecule has 0 unspecified atom stereocenters. The van der Waals surface area contributed by atoms with Gasteiger partial charge in [0.05, 0.1) is 0 Å². The topological polar surface area (TPSA) is 70.6 Å². The maximum absolute atomic E-state index is 8.40. The van der Waals surface area contributed by atoms with Gasteiger partial charge in [-0.2, -0.15) is 0 Å². The quantitative estimate of drug-likeness (QED) is 0.229. The molecule has 1 rings (SSSR count). The molecule has 0 amide bonds. The van der Waals surface area contributed by atoms with Crippen LogP contribution >= 0.6 is 0 Å². The van der Waals surface area contributed by atoms with Crippen molar-refractivity contribution < 1.29 is 5.21 Å². The van der Waals surface area contributed by atoms with Crippen LogP contribution in [0.3, 0.4) is 0 Å². The first-order chi connectivity index (χ1) is 8.63. The maximum Gasteiger partial charge on any atom is 0.139 e. The van der Waals surface area contributed by atoms with E-state index in [9.17, 15) is 0 Å². The number of nitrogens with one attached hydrogen (secondary N) is 1. The van der Waals surface area contributed by atoms with Crippen LogP contribution in [0.15, 0.2) is 29.4 Å². The molecule has 100 valence electrons. The minimum absolute atomic E-state index is 0.307. The molecular weight excluding hydrogens is 226 g/mol. The monoisotopic (exact) mass is 249 g/mol. The first kappa shape index (κ1) is 14.5. The highest BCUT2D eigenvalue weighted by molar-refractivity contribution is 5.79. The Morgan fingerprint density at radius 1 is 1.44 bits per heavy atom. The minimum atomic E-state index is 0.307. The molecule has 18 heavy (non-hydrogen) atoms. The summed E-state index contributed by atoms with van der Waals surface area (Å²) in [7, 11) is 0. The molecule has 0 fully saturated rings. The van der Waals surface area contributed by atoms with E-state index in [1.807, 2.05) is 0 Å². The molecule has 1 aromatic carbocycles. The smallest absolute Gasteiger partial charge is 0.139 e. The van der Waals surface area contributed by atoms with E-state index in [4.69, 9.17) is 10.9 Å². The number of benzene rings is 1. The summed E-state index contributed by atoms with van der Waals surface area (Å²) in [6.07, 6.45) is 2.60. The van der Waals surface area contributed by atoms with E-state index in [1.54, 1.807) is 0 Å². The summed E-state index contributed by atoms with van der Waals surface area (Å²) in [4.78, 5) is 0. The first-order valence-corrected chi connectivity index (χ1v) is 6.40. The molecule has 0 bridgehead atoms. The highest BCUT2D eigenvalue weighted by Gasteiger charge is 2.04. The fraction of sp³-hybridized carbons (Fsp3) is 0.500. The van der Waals surface area contributed by atoms with Crippen LogP contribution in [0.4, 0.5) is 0 Å². The van der Waals surface area contributed by atoms with Crippen molar-refractivity contribution in [3.05, 3.63) is 35.4 Å². The number of aryl methyl sites for hydroxylation is 1. The molecule has 0 aliphatic carbocycles. The molecule has 0 saturated carbocycles. The summed E-state index contributed by atoms with van der Waals surface area (Å²) in [5.41, 5.74) is 8.00. The van der Waals surface area contributed by atoms with Crippen molar-refractivity contribution >= 4 is 5.84 Å². The van der Waals surface area contributed by atoms with Crippen LogP contribution in [0.25, 0.3) is 0 Å². The summed E-state index contributed by atoms with van der Waals surface area (Å²) < 4.78 is 0. The van der Waals surface area contributed by atoms with Crippen molar-refractivity contribution in [2.75, 3.05) is 6.54 Å². The second kappa shape index (κ2) is 7.71. The molecule has 0 heterocycles. The van der Waals surface area contributed by atoms with Crippen molar-refractivity contribution in [2.45, 2.75) is 39.2 Å². The van der Waals surface area contributed by atoms with Gasteiger partial charge < -0.3 is 16.3 Å². The van der Waals surface area contributed by atoms with E-state index in [-0.39, 0.29) is 0 Å². The van der Waals surface area contributed by atoms with Gasteiger partial charge in [0.25, 0.3) is 0 Å². The average Bonchev–Trinajstić information content (AvgIpc) is 2.37. The van der Waals surface area contributed by atoms with Crippen LogP contribution in [0.2, 0.25) is 0 Å². The summed E-state index contributed by atoms with van der Waals surface area (Å²) in [6.45, 7) is 5.21. The van der Waals surface area contributed by atoms with Gasteiger partial charge in [-0.1, -0.05) is 35.0 Å². The van der Waals surface area contributed by atoms with Gasteiger partial charge in [0.15, 0.2) is 0 Å². The van der Waals surface area contributed by atoms with Crippen LogP contribution < -0.4 is 11.1 Å². The van der Waals surface area contributed by atoms with Crippen LogP contribution in [0.5, 0.6) is 0 Å². The SMILES string of the molecule is Cc1cccc([C@H](C)NCCCC/C(N)=N/O)c1. The Morgan fingerprint density at radius 3 is 2.89 bits per heavy atom. The van der Waals surface area contributed by atoms with Crippen molar-refractivity contribution in [2.24, 2.45) is 10.9 Å². The van der Waals surface area contributed by atoms with Gasteiger partial charge >= 0.3 is 0 Å².